The van der Waals surface area contributed by atoms with Crippen molar-refractivity contribution in [3.05, 3.63) is 12.2 Å². The van der Waals surface area contributed by atoms with Crippen LogP contribution in [0, 0.1) is 11.8 Å². The van der Waals surface area contributed by atoms with Crippen LogP contribution in [0.4, 0.5) is 0 Å². The third-order valence-corrected chi connectivity index (χ3v) is 3.84. The van der Waals surface area contributed by atoms with Gasteiger partial charge in [0, 0.05) is 13.0 Å². The average molecular weight is 251 g/mol. The molecule has 1 heterocycles. The first-order valence-electron chi connectivity index (χ1n) is 7.21. The van der Waals surface area contributed by atoms with Crippen LogP contribution in [0.1, 0.15) is 51.8 Å². The molecular formula is C14H25N3O. The molecule has 1 atom stereocenters. The van der Waals surface area contributed by atoms with E-state index in [1.54, 1.807) is 6.33 Å². The lowest BCUT2D eigenvalue weighted by Gasteiger charge is -2.17. The van der Waals surface area contributed by atoms with E-state index in [2.05, 4.69) is 23.9 Å². The van der Waals surface area contributed by atoms with Crippen molar-refractivity contribution < 1.29 is 5.11 Å². The van der Waals surface area contributed by atoms with E-state index < -0.39 is 0 Å². The molecule has 18 heavy (non-hydrogen) atoms. The Morgan fingerprint density at radius 2 is 2.11 bits per heavy atom. The number of aliphatic hydroxyl groups is 1. The fourth-order valence-electron chi connectivity index (χ4n) is 2.83. The molecule has 0 amide bonds. The Morgan fingerprint density at radius 1 is 1.39 bits per heavy atom. The van der Waals surface area contributed by atoms with E-state index in [4.69, 9.17) is 0 Å². The van der Waals surface area contributed by atoms with Crippen LogP contribution < -0.4 is 0 Å². The Labute approximate surface area is 109 Å². The maximum atomic E-state index is 10.2. The van der Waals surface area contributed by atoms with Gasteiger partial charge in [0.15, 0.2) is 0 Å². The van der Waals surface area contributed by atoms with Crippen molar-refractivity contribution >= 4 is 0 Å². The summed E-state index contributed by atoms with van der Waals surface area (Å²) in [6.07, 6.45) is 8.08. The number of hydrogen-bond donors (Lipinski definition) is 1. The van der Waals surface area contributed by atoms with Gasteiger partial charge in [-0.15, -0.1) is 0 Å². The first kappa shape index (κ1) is 13.5. The molecule has 1 N–H and O–H groups in total. The van der Waals surface area contributed by atoms with Crippen molar-refractivity contribution in [3.8, 4) is 0 Å². The molecule has 0 radical (unpaired) electrons. The molecule has 0 saturated heterocycles. The third-order valence-electron chi connectivity index (χ3n) is 3.84. The first-order valence-corrected chi connectivity index (χ1v) is 7.21. The minimum Gasteiger partial charge on any atom is -0.393 e. The van der Waals surface area contributed by atoms with Gasteiger partial charge in [-0.05, 0) is 31.1 Å². The standard InChI is InChI=1S/C14H25N3O/c1-11(2)9-17-14(15-10-16-17)8-7-13(18)12-5-3-4-6-12/h10-13,18H,3-9H2,1-2H3. The van der Waals surface area contributed by atoms with Gasteiger partial charge in [0.2, 0.25) is 0 Å². The Bertz CT molecular complexity index is 356. The number of nitrogens with zero attached hydrogens (tertiary/aromatic N) is 3. The van der Waals surface area contributed by atoms with Crippen LogP contribution in [0.5, 0.6) is 0 Å². The molecule has 0 bridgehead atoms. The highest BCUT2D eigenvalue weighted by atomic mass is 16.3. The first-order chi connectivity index (χ1) is 8.66. The van der Waals surface area contributed by atoms with Gasteiger partial charge in [-0.1, -0.05) is 26.7 Å². The highest BCUT2D eigenvalue weighted by Gasteiger charge is 2.23. The predicted octanol–water partition coefficient (Wildman–Crippen LogP) is 2.42. The second-order valence-electron chi connectivity index (χ2n) is 5.90. The van der Waals surface area contributed by atoms with Gasteiger partial charge in [-0.2, -0.15) is 5.10 Å². The lowest BCUT2D eigenvalue weighted by Crippen LogP contribution is -2.19. The second kappa shape index (κ2) is 6.32. The van der Waals surface area contributed by atoms with E-state index >= 15 is 0 Å². The van der Waals surface area contributed by atoms with E-state index in [0.717, 1.165) is 25.2 Å². The predicted molar refractivity (Wildman–Crippen MR) is 71.1 cm³/mol. The Morgan fingerprint density at radius 3 is 2.78 bits per heavy atom. The molecule has 1 aromatic heterocycles. The van der Waals surface area contributed by atoms with E-state index in [-0.39, 0.29) is 6.10 Å². The molecule has 2 rings (SSSR count). The fraction of sp³-hybridized carbons (Fsp3) is 0.857. The summed E-state index contributed by atoms with van der Waals surface area (Å²) in [7, 11) is 0. The molecule has 1 aliphatic carbocycles. The maximum absolute atomic E-state index is 10.2. The molecule has 4 heteroatoms. The average Bonchev–Trinajstić information content (AvgIpc) is 2.95. The van der Waals surface area contributed by atoms with Gasteiger partial charge in [0.1, 0.15) is 12.2 Å². The van der Waals surface area contributed by atoms with Gasteiger partial charge < -0.3 is 5.11 Å². The van der Waals surface area contributed by atoms with Crippen LogP contribution in [0.25, 0.3) is 0 Å². The van der Waals surface area contributed by atoms with Crippen LogP contribution in [-0.4, -0.2) is 26.0 Å². The van der Waals surface area contributed by atoms with Gasteiger partial charge >= 0.3 is 0 Å². The molecule has 0 aromatic carbocycles. The van der Waals surface area contributed by atoms with E-state index in [1.807, 2.05) is 4.68 Å². The van der Waals surface area contributed by atoms with Crippen molar-refractivity contribution in [2.24, 2.45) is 11.8 Å². The molecule has 0 spiro atoms. The molecule has 1 fully saturated rings. The molecular weight excluding hydrogens is 226 g/mol. The highest BCUT2D eigenvalue weighted by molar-refractivity contribution is 4.87. The van der Waals surface area contributed by atoms with Crippen LogP contribution in [0.3, 0.4) is 0 Å². The Balaban J connectivity index is 1.83. The summed E-state index contributed by atoms with van der Waals surface area (Å²) >= 11 is 0. The van der Waals surface area contributed by atoms with Crippen LogP contribution in [-0.2, 0) is 13.0 Å². The molecule has 4 nitrogen and oxygen atoms in total. The minimum atomic E-state index is -0.156. The molecule has 1 aromatic rings. The zero-order chi connectivity index (χ0) is 13.0. The quantitative estimate of drug-likeness (QED) is 0.844. The largest absolute Gasteiger partial charge is 0.393 e. The highest BCUT2D eigenvalue weighted by Crippen LogP contribution is 2.29. The SMILES string of the molecule is CC(C)Cn1ncnc1CCC(O)C1CCCC1. The van der Waals surface area contributed by atoms with Gasteiger partial charge in [0.05, 0.1) is 6.10 Å². The second-order valence-corrected chi connectivity index (χ2v) is 5.90. The monoisotopic (exact) mass is 251 g/mol. The topological polar surface area (TPSA) is 50.9 Å². The summed E-state index contributed by atoms with van der Waals surface area (Å²) in [4.78, 5) is 4.31. The minimum absolute atomic E-state index is 0.156. The summed E-state index contributed by atoms with van der Waals surface area (Å²) in [5, 5.41) is 14.4. The van der Waals surface area contributed by atoms with E-state index in [9.17, 15) is 5.11 Å². The van der Waals surface area contributed by atoms with E-state index in [1.165, 1.54) is 25.7 Å². The summed E-state index contributed by atoms with van der Waals surface area (Å²) in [6.45, 7) is 5.27. The van der Waals surface area contributed by atoms with Crippen LogP contribution in [0.2, 0.25) is 0 Å². The van der Waals surface area contributed by atoms with Crippen molar-refractivity contribution in [2.45, 2.75) is 65.0 Å². The van der Waals surface area contributed by atoms with Crippen LogP contribution >= 0.6 is 0 Å². The number of hydrogen-bond acceptors (Lipinski definition) is 3. The number of aromatic nitrogens is 3. The van der Waals surface area contributed by atoms with Crippen molar-refractivity contribution in [3.63, 3.8) is 0 Å². The van der Waals surface area contributed by atoms with Crippen molar-refractivity contribution in [1.82, 2.24) is 14.8 Å². The third kappa shape index (κ3) is 3.55. The summed E-state index contributed by atoms with van der Waals surface area (Å²) in [5.74, 6) is 2.11. The van der Waals surface area contributed by atoms with Gasteiger partial charge in [-0.3, -0.25) is 0 Å². The molecule has 1 aliphatic rings. The normalized spacial score (nSPS) is 18.7. The number of aryl methyl sites for hydroxylation is 1. The lowest BCUT2D eigenvalue weighted by atomic mass is 9.97. The number of aliphatic hydroxyl groups excluding tert-OH is 1. The molecule has 1 unspecified atom stereocenters. The summed E-state index contributed by atoms with van der Waals surface area (Å²) < 4.78 is 1.98. The number of rotatable bonds is 6. The molecule has 1 saturated carbocycles. The maximum Gasteiger partial charge on any atom is 0.138 e. The van der Waals surface area contributed by atoms with Crippen LogP contribution in [0.15, 0.2) is 6.33 Å². The van der Waals surface area contributed by atoms with Crippen molar-refractivity contribution in [1.29, 1.82) is 0 Å². The summed E-state index contributed by atoms with van der Waals surface area (Å²) in [6, 6.07) is 0. The van der Waals surface area contributed by atoms with Gasteiger partial charge in [0.25, 0.3) is 0 Å². The zero-order valence-corrected chi connectivity index (χ0v) is 11.5. The van der Waals surface area contributed by atoms with E-state index in [0.29, 0.717) is 11.8 Å². The summed E-state index contributed by atoms with van der Waals surface area (Å²) in [5.41, 5.74) is 0. The Hall–Kier alpha value is -0.900. The smallest absolute Gasteiger partial charge is 0.138 e. The fourth-order valence-corrected chi connectivity index (χ4v) is 2.83. The molecule has 102 valence electrons. The Kier molecular flexibility index (Phi) is 4.75. The van der Waals surface area contributed by atoms with Crippen molar-refractivity contribution in [2.75, 3.05) is 0 Å². The lowest BCUT2D eigenvalue weighted by molar-refractivity contribution is 0.101. The molecule has 0 aliphatic heterocycles. The zero-order valence-electron chi connectivity index (χ0n) is 11.5. The van der Waals surface area contributed by atoms with Gasteiger partial charge in [-0.25, -0.2) is 9.67 Å².